The van der Waals surface area contributed by atoms with Crippen LogP contribution in [0.5, 0.6) is 0 Å². The third kappa shape index (κ3) is 2.58. The fourth-order valence-corrected chi connectivity index (χ4v) is 5.31. The molecule has 0 aromatic carbocycles. The van der Waals surface area contributed by atoms with Crippen LogP contribution in [0.25, 0.3) is 0 Å². The summed E-state index contributed by atoms with van der Waals surface area (Å²) in [6.07, 6.45) is 7.02. The molecule has 4 bridgehead atoms. The van der Waals surface area contributed by atoms with Gasteiger partial charge in [-0.2, -0.15) is 0 Å². The molecule has 4 saturated carbocycles. The number of methoxy groups -OCH3 is 1. The Kier molecular flexibility index (Phi) is 3.74. The first-order chi connectivity index (χ1) is 9.93. The number of amides is 1. The van der Waals surface area contributed by atoms with E-state index in [9.17, 15) is 9.59 Å². The fraction of sp³-hybridized carbons (Fsp3) is 0.882. The lowest BCUT2D eigenvalue weighted by Gasteiger charge is -2.55. The largest absolute Gasteiger partial charge is 0.467 e. The van der Waals surface area contributed by atoms with Crippen molar-refractivity contribution in [1.82, 2.24) is 5.32 Å². The van der Waals surface area contributed by atoms with Gasteiger partial charge in [-0.25, -0.2) is 4.79 Å². The molecule has 0 aliphatic heterocycles. The summed E-state index contributed by atoms with van der Waals surface area (Å²) in [5.41, 5.74) is -0.199. The summed E-state index contributed by atoms with van der Waals surface area (Å²) < 4.78 is 4.84. The van der Waals surface area contributed by atoms with Crippen molar-refractivity contribution < 1.29 is 14.3 Å². The third-order valence-corrected chi connectivity index (χ3v) is 5.93. The highest BCUT2D eigenvalue weighted by Gasteiger charge is 2.55. The summed E-state index contributed by atoms with van der Waals surface area (Å²) in [7, 11) is 1.38. The molecule has 0 aromatic rings. The molecule has 4 fully saturated rings. The van der Waals surface area contributed by atoms with Crippen LogP contribution in [0.4, 0.5) is 0 Å². The summed E-state index contributed by atoms with van der Waals surface area (Å²) >= 11 is 0. The van der Waals surface area contributed by atoms with Crippen molar-refractivity contribution in [2.45, 2.75) is 58.4 Å². The predicted molar refractivity (Wildman–Crippen MR) is 79.4 cm³/mol. The second-order valence-corrected chi connectivity index (χ2v) is 7.92. The minimum atomic E-state index is -0.518. The molecule has 1 N–H and O–H groups in total. The van der Waals surface area contributed by atoms with Crippen LogP contribution in [0, 0.1) is 29.1 Å². The summed E-state index contributed by atoms with van der Waals surface area (Å²) in [5.74, 6) is 2.02. The Morgan fingerprint density at radius 1 is 1.05 bits per heavy atom. The summed E-state index contributed by atoms with van der Waals surface area (Å²) in [5, 5.41) is 3.01. The minimum Gasteiger partial charge on any atom is -0.467 e. The van der Waals surface area contributed by atoms with Crippen molar-refractivity contribution in [3.8, 4) is 0 Å². The van der Waals surface area contributed by atoms with Gasteiger partial charge in [-0.3, -0.25) is 4.79 Å². The molecular formula is C17H27NO3. The van der Waals surface area contributed by atoms with Gasteiger partial charge in [-0.1, -0.05) is 13.8 Å². The molecule has 0 spiro atoms. The van der Waals surface area contributed by atoms with Crippen molar-refractivity contribution in [3.63, 3.8) is 0 Å². The molecule has 0 saturated heterocycles. The molecule has 4 nitrogen and oxygen atoms in total. The van der Waals surface area contributed by atoms with Gasteiger partial charge in [-0.15, -0.1) is 0 Å². The van der Waals surface area contributed by atoms with Gasteiger partial charge in [0, 0.05) is 5.41 Å². The molecule has 4 heteroatoms. The zero-order valence-corrected chi connectivity index (χ0v) is 13.4. The van der Waals surface area contributed by atoms with E-state index in [4.69, 9.17) is 4.74 Å². The minimum absolute atomic E-state index is 0.0512. The number of hydrogen-bond donors (Lipinski definition) is 1. The van der Waals surface area contributed by atoms with Crippen LogP contribution >= 0.6 is 0 Å². The smallest absolute Gasteiger partial charge is 0.328 e. The van der Waals surface area contributed by atoms with Gasteiger partial charge in [0.1, 0.15) is 6.04 Å². The lowest BCUT2D eigenvalue weighted by atomic mass is 9.49. The quantitative estimate of drug-likeness (QED) is 0.810. The molecule has 118 valence electrons. The van der Waals surface area contributed by atoms with Crippen LogP contribution in [-0.2, 0) is 14.3 Å². The SMILES string of the molecule is COC(=O)C(NC(=O)C12CC3CC(CC(C3)C1)C2)C(C)C. The number of esters is 1. The number of hydrogen-bond acceptors (Lipinski definition) is 3. The second-order valence-electron chi connectivity index (χ2n) is 7.92. The Morgan fingerprint density at radius 2 is 1.52 bits per heavy atom. The Hall–Kier alpha value is -1.06. The highest BCUT2D eigenvalue weighted by Crippen LogP contribution is 2.60. The molecule has 1 amide bonds. The van der Waals surface area contributed by atoms with E-state index in [-0.39, 0.29) is 23.2 Å². The first kappa shape index (κ1) is 14.9. The number of nitrogens with one attached hydrogen (secondary N) is 1. The first-order valence-corrected chi connectivity index (χ1v) is 8.32. The van der Waals surface area contributed by atoms with Crippen LogP contribution in [0.3, 0.4) is 0 Å². The molecule has 21 heavy (non-hydrogen) atoms. The van der Waals surface area contributed by atoms with Crippen LogP contribution in [0.15, 0.2) is 0 Å². The van der Waals surface area contributed by atoms with Crippen molar-refractivity contribution in [1.29, 1.82) is 0 Å². The zero-order valence-electron chi connectivity index (χ0n) is 13.4. The number of ether oxygens (including phenoxy) is 1. The summed E-state index contributed by atoms with van der Waals surface area (Å²) in [6, 6.07) is -0.518. The van der Waals surface area contributed by atoms with E-state index in [1.54, 1.807) is 0 Å². The maximum atomic E-state index is 12.9. The van der Waals surface area contributed by atoms with Gasteiger partial charge >= 0.3 is 5.97 Å². The lowest BCUT2D eigenvalue weighted by Crippen LogP contribution is -2.57. The van der Waals surface area contributed by atoms with Gasteiger partial charge in [0.25, 0.3) is 0 Å². The van der Waals surface area contributed by atoms with Crippen molar-refractivity contribution in [2.24, 2.45) is 29.1 Å². The monoisotopic (exact) mass is 293 g/mol. The van der Waals surface area contributed by atoms with Crippen LogP contribution in [0.1, 0.15) is 52.4 Å². The lowest BCUT2D eigenvalue weighted by molar-refractivity contribution is -0.153. The van der Waals surface area contributed by atoms with E-state index in [0.29, 0.717) is 0 Å². The van der Waals surface area contributed by atoms with Crippen molar-refractivity contribution >= 4 is 11.9 Å². The average molecular weight is 293 g/mol. The topological polar surface area (TPSA) is 55.4 Å². The van der Waals surface area contributed by atoms with Crippen LogP contribution in [-0.4, -0.2) is 25.0 Å². The third-order valence-electron chi connectivity index (χ3n) is 5.93. The van der Waals surface area contributed by atoms with Gasteiger partial charge in [0.05, 0.1) is 7.11 Å². The van der Waals surface area contributed by atoms with Crippen molar-refractivity contribution in [3.05, 3.63) is 0 Å². The average Bonchev–Trinajstić information content (AvgIpc) is 2.41. The molecule has 4 rings (SSSR count). The maximum Gasteiger partial charge on any atom is 0.328 e. The Labute approximate surface area is 127 Å². The highest BCUT2D eigenvalue weighted by atomic mass is 16.5. The summed E-state index contributed by atoms with van der Waals surface area (Å²) in [6.45, 7) is 3.89. The van der Waals surface area contributed by atoms with E-state index < -0.39 is 6.04 Å². The molecule has 1 unspecified atom stereocenters. The predicted octanol–water partition coefficient (Wildman–Crippen LogP) is 2.52. The Morgan fingerprint density at radius 3 is 1.90 bits per heavy atom. The van der Waals surface area contributed by atoms with E-state index in [2.05, 4.69) is 5.32 Å². The first-order valence-electron chi connectivity index (χ1n) is 8.32. The molecule has 0 aromatic heterocycles. The fourth-order valence-electron chi connectivity index (χ4n) is 5.31. The van der Waals surface area contributed by atoms with Gasteiger partial charge in [0.2, 0.25) is 5.91 Å². The van der Waals surface area contributed by atoms with Crippen molar-refractivity contribution in [2.75, 3.05) is 7.11 Å². The van der Waals surface area contributed by atoms with E-state index in [0.717, 1.165) is 37.0 Å². The van der Waals surface area contributed by atoms with E-state index in [1.165, 1.54) is 26.4 Å². The molecule has 4 aliphatic carbocycles. The molecule has 1 atom stereocenters. The van der Waals surface area contributed by atoms with Crippen LogP contribution in [0.2, 0.25) is 0 Å². The second kappa shape index (κ2) is 5.29. The normalized spacial score (nSPS) is 38.4. The van der Waals surface area contributed by atoms with Gasteiger partial charge in [0.15, 0.2) is 0 Å². The number of carbonyl (C=O) groups is 2. The Balaban J connectivity index is 1.74. The van der Waals surface area contributed by atoms with Gasteiger partial charge < -0.3 is 10.1 Å². The maximum absolute atomic E-state index is 12.9. The summed E-state index contributed by atoms with van der Waals surface area (Å²) in [4.78, 5) is 24.8. The van der Waals surface area contributed by atoms with E-state index in [1.807, 2.05) is 13.8 Å². The standard InChI is InChI=1S/C17H27NO3/c1-10(2)14(15(19)21-3)18-16(20)17-7-11-4-12(8-17)6-13(5-11)9-17/h10-14H,4-9H2,1-3H3,(H,18,20). The van der Waals surface area contributed by atoms with Crippen LogP contribution < -0.4 is 5.32 Å². The molecule has 0 radical (unpaired) electrons. The zero-order chi connectivity index (χ0) is 15.2. The van der Waals surface area contributed by atoms with E-state index >= 15 is 0 Å². The molecular weight excluding hydrogens is 266 g/mol. The highest BCUT2D eigenvalue weighted by molar-refractivity contribution is 5.88. The number of rotatable bonds is 4. The number of carbonyl (C=O) groups excluding carboxylic acids is 2. The molecule has 4 aliphatic rings. The molecule has 0 heterocycles. The van der Waals surface area contributed by atoms with Gasteiger partial charge in [-0.05, 0) is 62.2 Å². The Bertz CT molecular complexity index is 408.